The predicted octanol–water partition coefficient (Wildman–Crippen LogP) is 3.76. The molecule has 0 aliphatic heterocycles. The van der Waals surface area contributed by atoms with Crippen LogP contribution in [-0.2, 0) is 0 Å². The highest BCUT2D eigenvalue weighted by molar-refractivity contribution is 5.45. The van der Waals surface area contributed by atoms with Crippen LogP contribution < -0.4 is 11.5 Å². The SMILES string of the molecule is C1CC1.CCNc1cccc(C)c1.N. The van der Waals surface area contributed by atoms with E-state index in [1.807, 2.05) is 0 Å². The average Bonchev–Trinajstić information content (AvgIpc) is 2.90. The molecular formula is C12H22N2. The van der Waals surface area contributed by atoms with E-state index < -0.39 is 0 Å². The lowest BCUT2D eigenvalue weighted by Gasteiger charge is -2.02. The van der Waals surface area contributed by atoms with E-state index in [4.69, 9.17) is 0 Å². The van der Waals surface area contributed by atoms with Crippen molar-refractivity contribution >= 4 is 5.69 Å². The normalized spacial score (nSPS) is 11.9. The van der Waals surface area contributed by atoms with Gasteiger partial charge in [0.25, 0.3) is 0 Å². The third kappa shape index (κ3) is 6.49. The number of hydrogen-bond acceptors (Lipinski definition) is 2. The first-order chi connectivity index (χ1) is 6.33. The van der Waals surface area contributed by atoms with E-state index in [-0.39, 0.29) is 6.15 Å². The summed E-state index contributed by atoms with van der Waals surface area (Å²) in [6.07, 6.45) is 4.50. The first-order valence-corrected chi connectivity index (χ1v) is 5.13. The standard InChI is InChI=1S/C9H13N.C3H6.H3N/c1-3-10-9-6-4-5-8(2)7-9;1-2-3-1;/h4-7,10H,3H2,1-2H3;1-3H2;1H3. The van der Waals surface area contributed by atoms with Gasteiger partial charge in [0, 0.05) is 12.2 Å². The van der Waals surface area contributed by atoms with E-state index in [0.717, 1.165) is 6.54 Å². The number of nitrogens with one attached hydrogen (secondary N) is 1. The molecule has 1 aliphatic rings. The summed E-state index contributed by atoms with van der Waals surface area (Å²) in [5.41, 5.74) is 2.51. The summed E-state index contributed by atoms with van der Waals surface area (Å²) in [6, 6.07) is 8.38. The maximum absolute atomic E-state index is 3.25. The van der Waals surface area contributed by atoms with E-state index >= 15 is 0 Å². The maximum atomic E-state index is 3.25. The van der Waals surface area contributed by atoms with Gasteiger partial charge in [-0.15, -0.1) is 0 Å². The lowest BCUT2D eigenvalue weighted by atomic mass is 10.2. The minimum Gasteiger partial charge on any atom is -0.385 e. The molecule has 0 atom stereocenters. The summed E-state index contributed by atoms with van der Waals surface area (Å²) in [6.45, 7) is 5.19. The van der Waals surface area contributed by atoms with Crippen molar-refractivity contribution in [2.45, 2.75) is 33.1 Å². The zero-order chi connectivity index (χ0) is 9.52. The summed E-state index contributed by atoms with van der Waals surface area (Å²) in [4.78, 5) is 0. The van der Waals surface area contributed by atoms with Crippen LogP contribution in [0.25, 0.3) is 0 Å². The molecule has 2 heteroatoms. The van der Waals surface area contributed by atoms with Crippen LogP contribution in [0.5, 0.6) is 0 Å². The van der Waals surface area contributed by atoms with Gasteiger partial charge in [0.15, 0.2) is 0 Å². The molecule has 4 N–H and O–H groups in total. The van der Waals surface area contributed by atoms with Crippen molar-refractivity contribution in [2.75, 3.05) is 11.9 Å². The van der Waals surface area contributed by atoms with Crippen LogP contribution in [0.3, 0.4) is 0 Å². The third-order valence-corrected chi connectivity index (χ3v) is 1.75. The lowest BCUT2D eigenvalue weighted by molar-refractivity contribution is 1.21. The molecule has 1 aliphatic carbocycles. The van der Waals surface area contributed by atoms with E-state index in [2.05, 4.69) is 43.4 Å². The van der Waals surface area contributed by atoms with Gasteiger partial charge in [-0.2, -0.15) is 0 Å². The van der Waals surface area contributed by atoms with E-state index in [1.54, 1.807) is 0 Å². The molecule has 1 saturated carbocycles. The van der Waals surface area contributed by atoms with Gasteiger partial charge in [0.2, 0.25) is 0 Å². The summed E-state index contributed by atoms with van der Waals surface area (Å²) in [7, 11) is 0. The molecule has 0 heterocycles. The van der Waals surface area contributed by atoms with Crippen LogP contribution in [0.1, 0.15) is 31.7 Å². The average molecular weight is 194 g/mol. The highest BCUT2D eigenvalue weighted by Crippen LogP contribution is 2.14. The van der Waals surface area contributed by atoms with Crippen molar-refractivity contribution in [3.63, 3.8) is 0 Å². The fraction of sp³-hybridized carbons (Fsp3) is 0.500. The molecular weight excluding hydrogens is 172 g/mol. The van der Waals surface area contributed by atoms with Gasteiger partial charge in [-0.1, -0.05) is 31.4 Å². The van der Waals surface area contributed by atoms with Gasteiger partial charge in [-0.3, -0.25) is 0 Å². The highest BCUT2D eigenvalue weighted by Gasteiger charge is 1.95. The van der Waals surface area contributed by atoms with E-state index in [1.165, 1.54) is 30.5 Å². The van der Waals surface area contributed by atoms with Crippen molar-refractivity contribution in [3.05, 3.63) is 29.8 Å². The van der Waals surface area contributed by atoms with Gasteiger partial charge < -0.3 is 11.5 Å². The number of hydrogen-bond donors (Lipinski definition) is 2. The molecule has 14 heavy (non-hydrogen) atoms. The van der Waals surface area contributed by atoms with Crippen LogP contribution in [0.2, 0.25) is 0 Å². The van der Waals surface area contributed by atoms with Crippen molar-refractivity contribution in [1.82, 2.24) is 6.15 Å². The minimum absolute atomic E-state index is 0. The van der Waals surface area contributed by atoms with Gasteiger partial charge in [-0.05, 0) is 31.5 Å². The van der Waals surface area contributed by atoms with Crippen molar-refractivity contribution in [1.29, 1.82) is 0 Å². The molecule has 0 radical (unpaired) electrons. The number of rotatable bonds is 2. The maximum Gasteiger partial charge on any atom is 0.0342 e. The predicted molar refractivity (Wildman–Crippen MR) is 64.2 cm³/mol. The van der Waals surface area contributed by atoms with E-state index in [0.29, 0.717) is 0 Å². The zero-order valence-electron chi connectivity index (χ0n) is 9.34. The van der Waals surface area contributed by atoms with Gasteiger partial charge in [0.05, 0.1) is 0 Å². The van der Waals surface area contributed by atoms with Crippen molar-refractivity contribution in [2.24, 2.45) is 0 Å². The zero-order valence-corrected chi connectivity index (χ0v) is 9.34. The number of anilines is 1. The molecule has 2 nitrogen and oxygen atoms in total. The number of benzene rings is 1. The van der Waals surface area contributed by atoms with Crippen LogP contribution in [0.15, 0.2) is 24.3 Å². The first kappa shape index (κ1) is 13.0. The molecule has 0 bridgehead atoms. The van der Waals surface area contributed by atoms with E-state index in [9.17, 15) is 0 Å². The molecule has 2 rings (SSSR count). The molecule has 0 saturated heterocycles. The fourth-order valence-electron chi connectivity index (χ4n) is 0.959. The second kappa shape index (κ2) is 7.39. The summed E-state index contributed by atoms with van der Waals surface area (Å²) >= 11 is 0. The third-order valence-electron chi connectivity index (χ3n) is 1.75. The quantitative estimate of drug-likeness (QED) is 0.753. The highest BCUT2D eigenvalue weighted by atomic mass is 14.8. The Hall–Kier alpha value is -1.02. The Bertz CT molecular complexity index is 241. The Morgan fingerprint density at radius 1 is 1.21 bits per heavy atom. The Morgan fingerprint density at radius 3 is 2.29 bits per heavy atom. The summed E-state index contributed by atoms with van der Waals surface area (Å²) < 4.78 is 0. The van der Waals surface area contributed by atoms with Gasteiger partial charge >= 0.3 is 0 Å². The molecule has 0 aromatic heterocycles. The van der Waals surface area contributed by atoms with Gasteiger partial charge in [-0.25, -0.2) is 0 Å². The van der Waals surface area contributed by atoms with Crippen molar-refractivity contribution in [3.8, 4) is 0 Å². The van der Waals surface area contributed by atoms with Crippen LogP contribution >= 0.6 is 0 Å². The Morgan fingerprint density at radius 2 is 1.86 bits per heavy atom. The monoisotopic (exact) mass is 194 g/mol. The van der Waals surface area contributed by atoms with Crippen LogP contribution in [0, 0.1) is 6.92 Å². The largest absolute Gasteiger partial charge is 0.385 e. The molecule has 1 aromatic rings. The second-order valence-corrected chi connectivity index (χ2v) is 3.46. The minimum atomic E-state index is 0. The van der Waals surface area contributed by atoms with Crippen molar-refractivity contribution < 1.29 is 0 Å². The molecule has 0 spiro atoms. The fourth-order valence-corrected chi connectivity index (χ4v) is 0.959. The Kier molecular flexibility index (Phi) is 6.85. The Labute approximate surface area is 87.3 Å². The second-order valence-electron chi connectivity index (χ2n) is 3.46. The molecule has 0 unspecified atom stereocenters. The van der Waals surface area contributed by atoms with Crippen LogP contribution in [-0.4, -0.2) is 6.54 Å². The summed E-state index contributed by atoms with van der Waals surface area (Å²) in [5, 5.41) is 3.25. The smallest absolute Gasteiger partial charge is 0.0342 e. The summed E-state index contributed by atoms with van der Waals surface area (Å²) in [5.74, 6) is 0. The molecule has 0 amide bonds. The topological polar surface area (TPSA) is 47.0 Å². The van der Waals surface area contributed by atoms with Gasteiger partial charge in [0.1, 0.15) is 0 Å². The molecule has 1 fully saturated rings. The molecule has 80 valence electrons. The number of aryl methyl sites for hydroxylation is 1. The molecule has 1 aromatic carbocycles. The first-order valence-electron chi connectivity index (χ1n) is 5.13. The lowest BCUT2D eigenvalue weighted by Crippen LogP contribution is -1.95. The van der Waals surface area contributed by atoms with Crippen LogP contribution in [0.4, 0.5) is 5.69 Å². The Balaban J connectivity index is 0.000000360.